The minimum absolute atomic E-state index is 0.0455. The molecule has 2 unspecified atom stereocenters. The van der Waals surface area contributed by atoms with Gasteiger partial charge in [0.05, 0.1) is 11.0 Å². The number of aryl methyl sites for hydroxylation is 1. The van der Waals surface area contributed by atoms with Crippen LogP contribution in [0.2, 0.25) is 0 Å². The van der Waals surface area contributed by atoms with Gasteiger partial charge in [-0.15, -0.1) is 0 Å². The Morgan fingerprint density at radius 3 is 2.55 bits per heavy atom. The second kappa shape index (κ2) is 8.48. The van der Waals surface area contributed by atoms with Gasteiger partial charge in [0.2, 0.25) is 10.0 Å². The highest BCUT2D eigenvalue weighted by Gasteiger charge is 2.40. The fraction of sp³-hybridized carbons (Fsp3) is 0.350. The van der Waals surface area contributed by atoms with Gasteiger partial charge in [0.15, 0.2) is 0 Å². The second-order valence-electron chi connectivity index (χ2n) is 6.99. The molecule has 1 saturated heterocycles. The van der Waals surface area contributed by atoms with Crippen molar-refractivity contribution in [1.29, 1.82) is 0 Å². The minimum Gasteiger partial charge on any atom is -0.489 e. The van der Waals surface area contributed by atoms with Crippen molar-refractivity contribution in [2.45, 2.75) is 43.4 Å². The molecule has 7 nitrogen and oxygen atoms in total. The molecule has 0 amide bonds. The number of rotatable bonds is 6. The lowest BCUT2D eigenvalue weighted by Crippen LogP contribution is -2.51. The summed E-state index contributed by atoms with van der Waals surface area (Å²) in [4.78, 5) is 11.3. The third-order valence-electron chi connectivity index (χ3n) is 4.93. The zero-order valence-electron chi connectivity index (χ0n) is 15.8. The van der Waals surface area contributed by atoms with E-state index in [9.17, 15) is 27.8 Å². The Bertz CT molecular complexity index is 993. The van der Waals surface area contributed by atoms with Crippen LogP contribution in [-0.4, -0.2) is 47.6 Å². The van der Waals surface area contributed by atoms with E-state index in [-0.39, 0.29) is 36.7 Å². The summed E-state index contributed by atoms with van der Waals surface area (Å²) in [5.74, 6) is -1.22. The lowest BCUT2D eigenvalue weighted by Gasteiger charge is -2.34. The SMILES string of the molecule is Cc1ccc(F)cc1COc1ccc(S(=O)(=O)N2CC(O)CCC2C(=O)O)cc1. The van der Waals surface area contributed by atoms with E-state index in [0.717, 1.165) is 9.87 Å². The number of aliphatic carboxylic acids is 1. The number of aliphatic hydroxyl groups is 1. The molecule has 1 heterocycles. The molecule has 1 aliphatic heterocycles. The van der Waals surface area contributed by atoms with Crippen molar-refractivity contribution >= 4 is 16.0 Å². The molecule has 156 valence electrons. The number of nitrogens with zero attached hydrogens (tertiary/aromatic N) is 1. The van der Waals surface area contributed by atoms with Gasteiger partial charge >= 0.3 is 5.97 Å². The van der Waals surface area contributed by atoms with Crippen molar-refractivity contribution in [2.75, 3.05) is 6.54 Å². The number of hydrogen-bond donors (Lipinski definition) is 2. The van der Waals surface area contributed by atoms with Gasteiger partial charge in [-0.1, -0.05) is 6.07 Å². The molecule has 1 aliphatic rings. The molecule has 0 saturated carbocycles. The fourth-order valence-electron chi connectivity index (χ4n) is 3.23. The number of carbonyl (C=O) groups is 1. The van der Waals surface area contributed by atoms with E-state index in [0.29, 0.717) is 11.3 Å². The van der Waals surface area contributed by atoms with Crippen molar-refractivity contribution in [2.24, 2.45) is 0 Å². The van der Waals surface area contributed by atoms with Crippen LogP contribution >= 0.6 is 0 Å². The summed E-state index contributed by atoms with van der Waals surface area (Å²) in [5, 5.41) is 19.1. The van der Waals surface area contributed by atoms with Gasteiger partial charge in [-0.2, -0.15) is 4.31 Å². The van der Waals surface area contributed by atoms with Crippen molar-refractivity contribution in [1.82, 2.24) is 4.31 Å². The molecule has 9 heteroatoms. The largest absolute Gasteiger partial charge is 0.489 e. The number of hydrogen-bond acceptors (Lipinski definition) is 5. The summed E-state index contributed by atoms with van der Waals surface area (Å²) >= 11 is 0. The molecule has 2 N–H and O–H groups in total. The molecule has 2 atom stereocenters. The number of β-amino-alcohol motifs (C(OH)–C–C–N with tert-alkyl or cyclic N) is 1. The second-order valence-corrected chi connectivity index (χ2v) is 8.88. The van der Waals surface area contributed by atoms with Gasteiger partial charge < -0.3 is 14.9 Å². The lowest BCUT2D eigenvalue weighted by atomic mass is 10.0. The number of aliphatic hydroxyl groups excluding tert-OH is 1. The number of sulfonamides is 1. The number of carboxylic acids is 1. The standard InChI is InChI=1S/C20H22FNO6S/c1-13-2-3-15(21)10-14(13)12-28-17-5-7-18(8-6-17)29(26,27)22-11-16(23)4-9-19(22)20(24)25/h2-3,5-8,10,16,19,23H,4,9,11-12H2,1H3,(H,24,25). The molecule has 0 bridgehead atoms. The summed E-state index contributed by atoms with van der Waals surface area (Å²) in [6, 6.07) is 8.73. The number of halogens is 1. The van der Waals surface area contributed by atoms with Gasteiger partial charge in [0, 0.05) is 6.54 Å². The molecule has 0 spiro atoms. The van der Waals surface area contributed by atoms with Crippen LogP contribution in [0.3, 0.4) is 0 Å². The maximum atomic E-state index is 13.4. The summed E-state index contributed by atoms with van der Waals surface area (Å²) in [7, 11) is -4.10. The average Bonchev–Trinajstić information content (AvgIpc) is 2.68. The quantitative estimate of drug-likeness (QED) is 0.739. The van der Waals surface area contributed by atoms with Crippen LogP contribution in [0.1, 0.15) is 24.0 Å². The van der Waals surface area contributed by atoms with Crippen molar-refractivity contribution in [3.63, 3.8) is 0 Å². The minimum atomic E-state index is -4.10. The van der Waals surface area contributed by atoms with Crippen molar-refractivity contribution in [3.8, 4) is 5.75 Å². The van der Waals surface area contributed by atoms with E-state index >= 15 is 0 Å². The normalized spacial score (nSPS) is 20.4. The molecular weight excluding hydrogens is 401 g/mol. The number of piperidine rings is 1. The molecule has 0 aliphatic carbocycles. The predicted molar refractivity (Wildman–Crippen MR) is 102 cm³/mol. The van der Waals surface area contributed by atoms with Gasteiger partial charge in [-0.3, -0.25) is 4.79 Å². The summed E-state index contributed by atoms with van der Waals surface area (Å²) < 4.78 is 45.6. The van der Waals surface area contributed by atoms with E-state index in [1.807, 2.05) is 6.92 Å². The highest BCUT2D eigenvalue weighted by Crippen LogP contribution is 2.27. The fourth-order valence-corrected chi connectivity index (χ4v) is 4.88. The number of carboxylic acid groups (broad SMARTS) is 1. The lowest BCUT2D eigenvalue weighted by molar-refractivity contribution is -0.143. The zero-order valence-corrected chi connectivity index (χ0v) is 16.6. The topological polar surface area (TPSA) is 104 Å². The maximum absolute atomic E-state index is 13.4. The molecule has 0 aromatic heterocycles. The van der Waals surface area contributed by atoms with Gasteiger partial charge in [0.25, 0.3) is 0 Å². The zero-order chi connectivity index (χ0) is 21.2. The van der Waals surface area contributed by atoms with Gasteiger partial charge in [-0.25, -0.2) is 12.8 Å². The number of benzene rings is 2. The third-order valence-corrected chi connectivity index (χ3v) is 6.82. The summed E-state index contributed by atoms with van der Waals surface area (Å²) in [5.41, 5.74) is 1.54. The Hall–Kier alpha value is -2.49. The van der Waals surface area contributed by atoms with E-state index < -0.39 is 28.1 Å². The average molecular weight is 423 g/mol. The maximum Gasteiger partial charge on any atom is 0.322 e. The van der Waals surface area contributed by atoms with Crippen molar-refractivity contribution in [3.05, 3.63) is 59.4 Å². The van der Waals surface area contributed by atoms with Gasteiger partial charge in [0.1, 0.15) is 24.2 Å². The van der Waals surface area contributed by atoms with E-state index in [1.165, 1.54) is 36.4 Å². The van der Waals surface area contributed by atoms with Crippen LogP contribution in [-0.2, 0) is 21.4 Å². The Morgan fingerprint density at radius 2 is 1.90 bits per heavy atom. The Morgan fingerprint density at radius 1 is 1.21 bits per heavy atom. The Labute approximate surface area is 168 Å². The smallest absolute Gasteiger partial charge is 0.322 e. The molecule has 0 radical (unpaired) electrons. The van der Waals surface area contributed by atoms with Crippen LogP contribution in [0.5, 0.6) is 5.75 Å². The van der Waals surface area contributed by atoms with Crippen LogP contribution in [0, 0.1) is 12.7 Å². The monoisotopic (exact) mass is 423 g/mol. The van der Waals surface area contributed by atoms with E-state index in [1.54, 1.807) is 6.07 Å². The third kappa shape index (κ3) is 4.75. The first-order chi connectivity index (χ1) is 13.7. The van der Waals surface area contributed by atoms with Crippen LogP contribution in [0.15, 0.2) is 47.4 Å². The van der Waals surface area contributed by atoms with Crippen LogP contribution in [0.4, 0.5) is 4.39 Å². The van der Waals surface area contributed by atoms with E-state index in [2.05, 4.69) is 0 Å². The molecule has 3 rings (SSSR count). The first-order valence-corrected chi connectivity index (χ1v) is 10.5. The predicted octanol–water partition coefficient (Wildman–Crippen LogP) is 2.31. The molecule has 1 fully saturated rings. The molecule has 2 aromatic rings. The Balaban J connectivity index is 1.76. The summed E-state index contributed by atoms with van der Waals surface area (Å²) in [6.45, 7) is 1.69. The van der Waals surface area contributed by atoms with Crippen molar-refractivity contribution < 1.29 is 32.6 Å². The Kier molecular flexibility index (Phi) is 6.21. The highest BCUT2D eigenvalue weighted by molar-refractivity contribution is 7.89. The molecular formula is C20H22FNO6S. The number of ether oxygens (including phenoxy) is 1. The first-order valence-electron chi connectivity index (χ1n) is 9.09. The van der Waals surface area contributed by atoms with Gasteiger partial charge in [-0.05, 0) is 67.3 Å². The van der Waals surface area contributed by atoms with E-state index in [4.69, 9.17) is 4.74 Å². The first kappa shape index (κ1) is 21.2. The molecule has 29 heavy (non-hydrogen) atoms. The van der Waals surface area contributed by atoms with Crippen LogP contribution in [0.25, 0.3) is 0 Å². The van der Waals surface area contributed by atoms with Crippen LogP contribution < -0.4 is 4.74 Å². The summed E-state index contributed by atoms with van der Waals surface area (Å²) in [6.07, 6.45) is -0.628. The highest BCUT2D eigenvalue weighted by atomic mass is 32.2. The molecule has 2 aromatic carbocycles.